The number of ether oxygens (including phenoxy) is 2. The van der Waals surface area contributed by atoms with Crippen molar-refractivity contribution in [3.05, 3.63) is 18.2 Å². The summed E-state index contributed by atoms with van der Waals surface area (Å²) in [6.45, 7) is 4.07. The summed E-state index contributed by atoms with van der Waals surface area (Å²) in [4.78, 5) is 18.9. The van der Waals surface area contributed by atoms with E-state index in [0.29, 0.717) is 12.5 Å². The lowest BCUT2D eigenvalue weighted by Gasteiger charge is -2.25. The van der Waals surface area contributed by atoms with Gasteiger partial charge in [0.1, 0.15) is 6.61 Å². The number of thiazole rings is 1. The van der Waals surface area contributed by atoms with E-state index in [1.807, 2.05) is 18.2 Å². The van der Waals surface area contributed by atoms with Crippen molar-refractivity contribution in [1.82, 2.24) is 4.98 Å². The second-order valence-electron chi connectivity index (χ2n) is 6.29. The maximum Gasteiger partial charge on any atom is 0.250 e. The quantitative estimate of drug-likeness (QED) is 0.870. The lowest BCUT2D eigenvalue weighted by atomic mass is 10.3. The summed E-state index contributed by atoms with van der Waals surface area (Å²) in [5.74, 6) is 0.567. The Hall–Kier alpha value is -1.70. The van der Waals surface area contributed by atoms with Crippen LogP contribution in [0.5, 0.6) is 0 Å². The van der Waals surface area contributed by atoms with Crippen LogP contribution in [0.15, 0.2) is 18.2 Å². The summed E-state index contributed by atoms with van der Waals surface area (Å²) in [5, 5.41) is 3.92. The number of morpholine rings is 1. The Balaban J connectivity index is 1.39. The molecule has 128 valence electrons. The van der Waals surface area contributed by atoms with E-state index >= 15 is 0 Å². The Morgan fingerprint density at radius 2 is 2.21 bits per heavy atom. The molecule has 0 radical (unpaired) electrons. The summed E-state index contributed by atoms with van der Waals surface area (Å²) < 4.78 is 11.9. The van der Waals surface area contributed by atoms with E-state index in [1.165, 1.54) is 12.8 Å². The van der Waals surface area contributed by atoms with Crippen molar-refractivity contribution in [3.63, 3.8) is 0 Å². The van der Waals surface area contributed by atoms with Crippen molar-refractivity contribution < 1.29 is 14.3 Å². The number of rotatable bonds is 6. The molecular weight excluding hydrogens is 326 g/mol. The minimum Gasteiger partial charge on any atom is -0.378 e. The van der Waals surface area contributed by atoms with E-state index in [0.717, 1.165) is 47.3 Å². The fourth-order valence-corrected chi connectivity index (χ4v) is 3.74. The maximum absolute atomic E-state index is 11.9. The summed E-state index contributed by atoms with van der Waals surface area (Å²) in [5.41, 5.74) is 1.75. The van der Waals surface area contributed by atoms with Crippen LogP contribution in [0, 0.1) is 5.92 Å². The van der Waals surface area contributed by atoms with Gasteiger partial charge in [-0.15, -0.1) is 0 Å². The van der Waals surface area contributed by atoms with Gasteiger partial charge in [-0.2, -0.15) is 0 Å². The highest BCUT2D eigenvalue weighted by Gasteiger charge is 2.21. The minimum absolute atomic E-state index is 0.104. The Bertz CT molecular complexity index is 723. The van der Waals surface area contributed by atoms with Gasteiger partial charge in [0.2, 0.25) is 5.91 Å². The largest absolute Gasteiger partial charge is 0.378 e. The van der Waals surface area contributed by atoms with Crippen molar-refractivity contribution in [1.29, 1.82) is 0 Å². The van der Waals surface area contributed by atoms with Crippen molar-refractivity contribution in [2.75, 3.05) is 49.7 Å². The molecule has 2 heterocycles. The number of nitrogens with one attached hydrogen (secondary N) is 1. The molecule has 1 aliphatic carbocycles. The van der Waals surface area contributed by atoms with Crippen LogP contribution in [0.25, 0.3) is 10.2 Å². The average Bonchev–Trinajstić information content (AvgIpc) is 3.32. The van der Waals surface area contributed by atoms with E-state index < -0.39 is 0 Å². The van der Waals surface area contributed by atoms with Gasteiger partial charge in [-0.05, 0) is 37.0 Å². The van der Waals surface area contributed by atoms with Crippen molar-refractivity contribution in [2.45, 2.75) is 12.8 Å². The van der Waals surface area contributed by atoms with Crippen LogP contribution in [0.2, 0.25) is 0 Å². The average molecular weight is 347 g/mol. The van der Waals surface area contributed by atoms with Crippen LogP contribution >= 0.6 is 11.3 Å². The zero-order chi connectivity index (χ0) is 16.4. The van der Waals surface area contributed by atoms with Gasteiger partial charge in [-0.25, -0.2) is 4.98 Å². The number of amides is 1. The Kier molecular flexibility index (Phi) is 4.64. The third-order valence-electron chi connectivity index (χ3n) is 4.23. The fourth-order valence-electron chi connectivity index (χ4n) is 2.68. The predicted molar refractivity (Wildman–Crippen MR) is 94.8 cm³/mol. The number of aromatic nitrogens is 1. The van der Waals surface area contributed by atoms with Crippen LogP contribution in [0.3, 0.4) is 0 Å². The molecule has 1 aliphatic heterocycles. The molecule has 1 saturated carbocycles. The SMILES string of the molecule is O=C(COCC1CC1)Nc1ccc2nc(N3CCOCC3)sc2c1. The van der Waals surface area contributed by atoms with E-state index in [9.17, 15) is 4.79 Å². The molecule has 0 atom stereocenters. The highest BCUT2D eigenvalue weighted by atomic mass is 32.1. The number of hydrogen-bond acceptors (Lipinski definition) is 6. The van der Waals surface area contributed by atoms with Gasteiger partial charge in [0.05, 0.1) is 30.0 Å². The molecule has 1 amide bonds. The van der Waals surface area contributed by atoms with Gasteiger partial charge in [0.15, 0.2) is 5.13 Å². The lowest BCUT2D eigenvalue weighted by Crippen LogP contribution is -2.36. The number of hydrogen-bond donors (Lipinski definition) is 1. The van der Waals surface area contributed by atoms with Crippen LogP contribution in [0.4, 0.5) is 10.8 Å². The summed E-state index contributed by atoms with van der Waals surface area (Å²) in [7, 11) is 0. The van der Waals surface area contributed by atoms with Gasteiger partial charge >= 0.3 is 0 Å². The lowest BCUT2D eigenvalue weighted by molar-refractivity contribution is -0.120. The number of nitrogens with zero attached hydrogens (tertiary/aromatic N) is 2. The number of carbonyl (C=O) groups is 1. The molecule has 1 saturated heterocycles. The van der Waals surface area contributed by atoms with Gasteiger partial charge in [-0.1, -0.05) is 11.3 Å². The molecule has 2 fully saturated rings. The van der Waals surface area contributed by atoms with E-state index in [2.05, 4.69) is 15.2 Å². The zero-order valence-corrected chi connectivity index (χ0v) is 14.3. The second kappa shape index (κ2) is 7.04. The van der Waals surface area contributed by atoms with Crippen molar-refractivity contribution in [3.8, 4) is 0 Å². The van der Waals surface area contributed by atoms with Crippen LogP contribution in [-0.2, 0) is 14.3 Å². The zero-order valence-electron chi connectivity index (χ0n) is 13.5. The smallest absolute Gasteiger partial charge is 0.250 e. The first-order chi connectivity index (χ1) is 11.8. The summed E-state index contributed by atoms with van der Waals surface area (Å²) in [6, 6.07) is 5.83. The first-order valence-electron chi connectivity index (χ1n) is 8.39. The van der Waals surface area contributed by atoms with Gasteiger partial charge in [-0.3, -0.25) is 4.79 Å². The molecule has 4 rings (SSSR count). The molecule has 7 heteroatoms. The van der Waals surface area contributed by atoms with Crippen molar-refractivity contribution in [2.24, 2.45) is 5.92 Å². The van der Waals surface area contributed by atoms with E-state index in [1.54, 1.807) is 11.3 Å². The molecule has 6 nitrogen and oxygen atoms in total. The minimum atomic E-state index is -0.104. The Labute approximate surface area is 144 Å². The maximum atomic E-state index is 11.9. The molecule has 1 aromatic heterocycles. The first kappa shape index (κ1) is 15.8. The molecule has 0 unspecified atom stereocenters. The number of carbonyl (C=O) groups excluding carboxylic acids is 1. The topological polar surface area (TPSA) is 63.7 Å². The van der Waals surface area contributed by atoms with Crippen molar-refractivity contribution >= 4 is 38.3 Å². The summed E-state index contributed by atoms with van der Waals surface area (Å²) in [6.07, 6.45) is 2.46. The highest BCUT2D eigenvalue weighted by molar-refractivity contribution is 7.22. The van der Waals surface area contributed by atoms with E-state index in [-0.39, 0.29) is 12.5 Å². The van der Waals surface area contributed by atoms with Gasteiger partial charge < -0.3 is 19.7 Å². The molecule has 0 bridgehead atoms. The van der Waals surface area contributed by atoms with E-state index in [4.69, 9.17) is 9.47 Å². The highest BCUT2D eigenvalue weighted by Crippen LogP contribution is 2.31. The Morgan fingerprint density at radius 3 is 3.00 bits per heavy atom. The Morgan fingerprint density at radius 1 is 1.38 bits per heavy atom. The van der Waals surface area contributed by atoms with Crippen LogP contribution in [0.1, 0.15) is 12.8 Å². The van der Waals surface area contributed by atoms with Crippen LogP contribution in [-0.4, -0.2) is 50.4 Å². The first-order valence-corrected chi connectivity index (χ1v) is 9.20. The molecular formula is C17H21N3O3S. The molecule has 0 spiro atoms. The fraction of sp³-hybridized carbons (Fsp3) is 0.529. The van der Waals surface area contributed by atoms with Gasteiger partial charge in [0, 0.05) is 18.8 Å². The third kappa shape index (κ3) is 3.85. The standard InChI is InChI=1S/C17H21N3O3S/c21-16(11-23-10-12-1-2-12)18-13-3-4-14-15(9-13)24-17(19-14)20-5-7-22-8-6-20/h3-4,9,12H,1-2,5-8,10-11H2,(H,18,21). The molecule has 1 N–H and O–H groups in total. The number of anilines is 2. The molecule has 1 aromatic carbocycles. The number of fused-ring (bicyclic) bond motifs is 1. The second-order valence-corrected chi connectivity index (χ2v) is 7.29. The summed E-state index contributed by atoms with van der Waals surface area (Å²) >= 11 is 1.65. The third-order valence-corrected chi connectivity index (χ3v) is 5.31. The predicted octanol–water partition coefficient (Wildman–Crippen LogP) is 2.50. The number of benzene rings is 1. The molecule has 24 heavy (non-hydrogen) atoms. The van der Waals surface area contributed by atoms with Gasteiger partial charge in [0.25, 0.3) is 0 Å². The van der Waals surface area contributed by atoms with Crippen LogP contribution < -0.4 is 10.2 Å². The molecule has 2 aliphatic rings. The molecule has 2 aromatic rings. The normalized spacial score (nSPS) is 18.1. The monoisotopic (exact) mass is 347 g/mol.